The zero-order chi connectivity index (χ0) is 24.7. The summed E-state index contributed by atoms with van der Waals surface area (Å²) in [5, 5.41) is 5.97. The summed E-state index contributed by atoms with van der Waals surface area (Å²) in [4.78, 5) is 41.7. The van der Waals surface area contributed by atoms with Crippen molar-refractivity contribution in [1.29, 1.82) is 0 Å². The number of carbonyl (C=O) groups excluding carboxylic acids is 3. The average molecular weight is 471 g/mol. The fourth-order valence-corrected chi connectivity index (χ4v) is 4.42. The van der Waals surface area contributed by atoms with Crippen LogP contribution in [0.4, 0.5) is 15.8 Å². The molecule has 8 heteroatoms. The number of amides is 2. The van der Waals surface area contributed by atoms with Crippen molar-refractivity contribution in [2.75, 3.05) is 30.4 Å². The van der Waals surface area contributed by atoms with Gasteiger partial charge in [-0.1, -0.05) is 36.4 Å². The maximum Gasteiger partial charge on any atom is 0.299 e. The molecular formula is C27H23FN4O3. The smallest absolute Gasteiger partial charge is 0.299 e. The molecule has 1 atom stereocenters. The van der Waals surface area contributed by atoms with Crippen molar-refractivity contribution in [2.24, 2.45) is 5.10 Å². The van der Waals surface area contributed by atoms with E-state index in [4.69, 9.17) is 0 Å². The number of hydrogen-bond acceptors (Lipinski definition) is 5. The second-order valence-corrected chi connectivity index (χ2v) is 8.74. The van der Waals surface area contributed by atoms with Gasteiger partial charge < -0.3 is 4.90 Å². The number of rotatable bonds is 5. The van der Waals surface area contributed by atoms with Crippen LogP contribution >= 0.6 is 0 Å². The third-order valence-electron chi connectivity index (χ3n) is 6.31. The Bertz CT molecular complexity index is 1350. The fraction of sp³-hybridized carbons (Fsp3) is 0.185. The van der Waals surface area contributed by atoms with Crippen molar-refractivity contribution in [3.05, 3.63) is 95.3 Å². The van der Waals surface area contributed by atoms with Crippen LogP contribution in [0.1, 0.15) is 33.9 Å². The van der Waals surface area contributed by atoms with Crippen LogP contribution in [0.5, 0.6) is 0 Å². The molecule has 0 radical (unpaired) electrons. The van der Waals surface area contributed by atoms with Gasteiger partial charge in [0.2, 0.25) is 0 Å². The molecule has 0 saturated heterocycles. The van der Waals surface area contributed by atoms with E-state index >= 15 is 0 Å². The highest BCUT2D eigenvalue weighted by Gasteiger charge is 2.40. The zero-order valence-electron chi connectivity index (χ0n) is 19.3. The van der Waals surface area contributed by atoms with Gasteiger partial charge >= 0.3 is 0 Å². The minimum atomic E-state index is -0.728. The van der Waals surface area contributed by atoms with E-state index in [1.807, 2.05) is 43.3 Å². The van der Waals surface area contributed by atoms with Crippen molar-refractivity contribution in [2.45, 2.75) is 12.5 Å². The number of halogens is 1. The van der Waals surface area contributed by atoms with Crippen LogP contribution in [0.2, 0.25) is 0 Å². The Morgan fingerprint density at radius 1 is 1.00 bits per heavy atom. The molecule has 3 aromatic carbocycles. The van der Waals surface area contributed by atoms with Gasteiger partial charge in [0, 0.05) is 26.2 Å². The van der Waals surface area contributed by atoms with E-state index in [1.54, 1.807) is 36.4 Å². The van der Waals surface area contributed by atoms with Gasteiger partial charge in [-0.25, -0.2) is 9.40 Å². The van der Waals surface area contributed by atoms with Gasteiger partial charge in [0.1, 0.15) is 12.4 Å². The van der Waals surface area contributed by atoms with E-state index in [0.717, 1.165) is 16.8 Å². The molecule has 2 aliphatic rings. The van der Waals surface area contributed by atoms with Gasteiger partial charge in [-0.15, -0.1) is 0 Å². The Morgan fingerprint density at radius 2 is 1.69 bits per heavy atom. The van der Waals surface area contributed by atoms with Gasteiger partial charge in [0.25, 0.3) is 17.6 Å². The van der Waals surface area contributed by atoms with Crippen molar-refractivity contribution in [3.8, 4) is 0 Å². The Hall–Kier alpha value is -4.33. The Morgan fingerprint density at radius 3 is 2.37 bits per heavy atom. The predicted octanol–water partition coefficient (Wildman–Crippen LogP) is 3.80. The van der Waals surface area contributed by atoms with Crippen LogP contribution in [0.25, 0.3) is 0 Å². The number of ketones is 1. The molecule has 0 aromatic heterocycles. The lowest BCUT2D eigenvalue weighted by molar-refractivity contribution is -0.132. The van der Waals surface area contributed by atoms with Crippen molar-refractivity contribution in [3.63, 3.8) is 0 Å². The van der Waals surface area contributed by atoms with E-state index in [-0.39, 0.29) is 17.9 Å². The lowest BCUT2D eigenvalue weighted by Crippen LogP contribution is -2.40. The average Bonchev–Trinajstić information content (AvgIpc) is 3.41. The van der Waals surface area contributed by atoms with Crippen LogP contribution in [0, 0.1) is 5.82 Å². The van der Waals surface area contributed by atoms with Crippen LogP contribution in [0.3, 0.4) is 0 Å². The molecule has 2 heterocycles. The minimum Gasteiger partial charge on any atom is -0.378 e. The highest BCUT2D eigenvalue weighted by molar-refractivity contribution is 6.52. The largest absolute Gasteiger partial charge is 0.378 e. The molecule has 3 aromatic rings. The highest BCUT2D eigenvalue weighted by atomic mass is 19.1. The van der Waals surface area contributed by atoms with Crippen molar-refractivity contribution in [1.82, 2.24) is 5.01 Å². The first kappa shape index (κ1) is 22.5. The molecular weight excluding hydrogens is 447 g/mol. The maximum absolute atomic E-state index is 13.5. The Balaban J connectivity index is 1.47. The second kappa shape index (κ2) is 8.79. The molecule has 7 nitrogen and oxygen atoms in total. The summed E-state index contributed by atoms with van der Waals surface area (Å²) in [6.07, 6.45) is 0.433. The van der Waals surface area contributed by atoms with E-state index in [9.17, 15) is 18.8 Å². The van der Waals surface area contributed by atoms with E-state index in [0.29, 0.717) is 17.8 Å². The number of para-hydroxylation sites is 1. The van der Waals surface area contributed by atoms with E-state index in [2.05, 4.69) is 5.10 Å². The van der Waals surface area contributed by atoms with Gasteiger partial charge in [0.15, 0.2) is 0 Å². The number of hydrazone groups is 1. The first-order chi connectivity index (χ1) is 16.8. The zero-order valence-corrected chi connectivity index (χ0v) is 19.3. The summed E-state index contributed by atoms with van der Waals surface area (Å²) in [6.45, 7) is -0.311. The SMILES string of the molecule is CN(C)c1ccc(C2CC(c3ccc(F)cc3)=NN2C(=O)CN2C(=O)C(=O)c3ccccc32)cc1. The van der Waals surface area contributed by atoms with Gasteiger partial charge in [-0.2, -0.15) is 5.10 Å². The molecule has 0 saturated carbocycles. The second-order valence-electron chi connectivity index (χ2n) is 8.74. The number of Topliss-reactive ketones (excluding diaryl/α,β-unsaturated/α-hetero) is 1. The molecule has 35 heavy (non-hydrogen) atoms. The van der Waals surface area contributed by atoms with Crippen LogP contribution < -0.4 is 9.80 Å². The van der Waals surface area contributed by atoms with Crippen LogP contribution in [-0.2, 0) is 9.59 Å². The van der Waals surface area contributed by atoms with Gasteiger partial charge in [0.05, 0.1) is 23.0 Å². The molecule has 0 aliphatic carbocycles. The number of nitrogens with zero attached hydrogens (tertiary/aromatic N) is 4. The van der Waals surface area contributed by atoms with Gasteiger partial charge in [-0.05, 0) is 47.5 Å². The summed E-state index contributed by atoms with van der Waals surface area (Å²) < 4.78 is 13.5. The topological polar surface area (TPSA) is 73.3 Å². The molecule has 2 aliphatic heterocycles. The molecule has 5 rings (SSSR count). The normalized spacial score (nSPS) is 17.0. The molecule has 0 spiro atoms. The third kappa shape index (κ3) is 4.07. The lowest BCUT2D eigenvalue weighted by atomic mass is 9.98. The monoisotopic (exact) mass is 470 g/mol. The van der Waals surface area contributed by atoms with Crippen LogP contribution in [-0.4, -0.2) is 49.0 Å². The maximum atomic E-state index is 13.5. The highest BCUT2D eigenvalue weighted by Crippen LogP contribution is 2.35. The number of hydrogen-bond donors (Lipinski definition) is 0. The van der Waals surface area contributed by atoms with E-state index in [1.165, 1.54) is 22.0 Å². The Labute approximate surface area is 202 Å². The summed E-state index contributed by atoms with van der Waals surface area (Å²) in [7, 11) is 3.89. The van der Waals surface area contributed by atoms with Crippen LogP contribution in [0.15, 0.2) is 77.9 Å². The third-order valence-corrected chi connectivity index (χ3v) is 6.31. The van der Waals surface area contributed by atoms with Crippen molar-refractivity contribution >= 4 is 34.7 Å². The summed E-state index contributed by atoms with van der Waals surface area (Å²) in [5.74, 6) is -2.12. The predicted molar refractivity (Wildman–Crippen MR) is 131 cm³/mol. The Kier molecular flexibility index (Phi) is 5.64. The molecule has 0 fully saturated rings. The lowest BCUT2D eigenvalue weighted by Gasteiger charge is -2.25. The summed E-state index contributed by atoms with van der Waals surface area (Å²) in [6, 6.07) is 20.0. The molecule has 176 valence electrons. The molecule has 0 bridgehead atoms. The van der Waals surface area contributed by atoms with E-state index < -0.39 is 23.6 Å². The summed E-state index contributed by atoms with van der Waals surface area (Å²) >= 11 is 0. The first-order valence-electron chi connectivity index (χ1n) is 11.2. The number of carbonyl (C=O) groups is 3. The standard InChI is InChI=1S/C27H23FN4O3/c1-30(2)20-13-9-18(10-14-20)24-15-22(17-7-11-19(28)12-8-17)29-32(24)25(33)16-31-23-6-4-3-5-21(23)26(34)27(31)35/h3-14,24H,15-16H2,1-2H3. The quantitative estimate of drug-likeness (QED) is 0.532. The van der Waals surface area contributed by atoms with Gasteiger partial charge in [-0.3, -0.25) is 19.3 Å². The summed E-state index contributed by atoms with van der Waals surface area (Å²) in [5.41, 5.74) is 3.97. The number of fused-ring (bicyclic) bond motifs is 1. The first-order valence-corrected chi connectivity index (χ1v) is 11.2. The molecule has 0 N–H and O–H groups in total. The molecule has 1 unspecified atom stereocenters. The fourth-order valence-electron chi connectivity index (χ4n) is 4.42. The van der Waals surface area contributed by atoms with Crippen molar-refractivity contribution < 1.29 is 18.8 Å². The number of benzene rings is 3. The minimum absolute atomic E-state index is 0.290. The molecule has 2 amide bonds. The number of anilines is 2.